The number of allylic oxidation sites excluding steroid dienone is 1. The van der Waals surface area contributed by atoms with Gasteiger partial charge in [0.1, 0.15) is 23.0 Å². The topological polar surface area (TPSA) is 38.7 Å². The number of fused-ring (bicyclic) bond motifs is 1. The lowest BCUT2D eigenvalue weighted by atomic mass is 9.97. The number of rotatable bonds is 2. The van der Waals surface area contributed by atoms with Gasteiger partial charge in [-0.05, 0) is 29.8 Å². The van der Waals surface area contributed by atoms with E-state index in [4.69, 9.17) is 9.47 Å². The Morgan fingerprint density at radius 1 is 1.09 bits per heavy atom. The van der Waals surface area contributed by atoms with Crippen LogP contribution in [-0.2, 0) is 0 Å². The first kappa shape index (κ1) is 15.0. The average Bonchev–Trinajstić information content (AvgIpc) is 2.51. The van der Waals surface area contributed by atoms with Crippen molar-refractivity contribution in [1.29, 1.82) is 0 Å². The van der Waals surface area contributed by atoms with Crippen LogP contribution < -0.4 is 9.47 Å². The zero-order valence-electron chi connectivity index (χ0n) is 12.0. The van der Waals surface area contributed by atoms with Crippen molar-refractivity contribution in [2.75, 3.05) is 7.11 Å². The monoisotopic (exact) mass is 320 g/mol. The summed E-state index contributed by atoms with van der Waals surface area (Å²) in [6.07, 6.45) is 3.08. The molecular weight excluding hydrogens is 309 g/mol. The van der Waals surface area contributed by atoms with Crippen molar-refractivity contribution in [2.45, 2.75) is 0 Å². The molecule has 1 aliphatic heterocycles. The Morgan fingerprint density at radius 2 is 1.74 bits per heavy atom. The summed E-state index contributed by atoms with van der Waals surface area (Å²) in [5.74, 6) is -3.86. The average molecular weight is 320 g/mol. The SMILES string of the molecule is C=C1C=Cc2c(O)cc(OC)c(-c3cc(F)c(F)c(F)c3)c2O1. The Bertz CT molecular complexity index is 834. The van der Waals surface area contributed by atoms with Crippen molar-refractivity contribution < 1.29 is 27.8 Å². The molecule has 0 saturated carbocycles. The van der Waals surface area contributed by atoms with Gasteiger partial charge in [-0.1, -0.05) is 6.58 Å². The van der Waals surface area contributed by atoms with Crippen LogP contribution >= 0.6 is 0 Å². The molecule has 1 heterocycles. The predicted molar refractivity (Wildman–Crippen MR) is 78.8 cm³/mol. The van der Waals surface area contributed by atoms with Crippen LogP contribution in [0.1, 0.15) is 5.56 Å². The van der Waals surface area contributed by atoms with Crippen molar-refractivity contribution in [1.82, 2.24) is 0 Å². The highest BCUT2D eigenvalue weighted by Crippen LogP contribution is 2.48. The minimum absolute atomic E-state index is 0.0117. The third-order valence-electron chi connectivity index (χ3n) is 3.42. The van der Waals surface area contributed by atoms with Gasteiger partial charge in [-0.25, -0.2) is 13.2 Å². The highest BCUT2D eigenvalue weighted by molar-refractivity contribution is 5.85. The number of ether oxygens (including phenoxy) is 2. The molecular formula is C17H11F3O3. The molecule has 0 bridgehead atoms. The molecule has 0 spiro atoms. The summed E-state index contributed by atoms with van der Waals surface area (Å²) < 4.78 is 51.0. The van der Waals surface area contributed by atoms with Gasteiger partial charge < -0.3 is 14.6 Å². The van der Waals surface area contributed by atoms with Crippen molar-refractivity contribution in [3.8, 4) is 28.4 Å². The van der Waals surface area contributed by atoms with Gasteiger partial charge in [-0.15, -0.1) is 0 Å². The summed E-state index contributed by atoms with van der Waals surface area (Å²) in [5, 5.41) is 10.0. The van der Waals surface area contributed by atoms with E-state index in [9.17, 15) is 18.3 Å². The number of phenolic OH excluding ortho intramolecular Hbond substituents is 1. The molecule has 1 aliphatic rings. The molecule has 0 fully saturated rings. The van der Waals surface area contributed by atoms with Crippen molar-refractivity contribution in [2.24, 2.45) is 0 Å². The number of hydrogen-bond donors (Lipinski definition) is 1. The van der Waals surface area contributed by atoms with Crippen molar-refractivity contribution in [3.63, 3.8) is 0 Å². The minimum Gasteiger partial charge on any atom is -0.507 e. The molecule has 1 N–H and O–H groups in total. The lowest BCUT2D eigenvalue weighted by Gasteiger charge is -2.21. The molecule has 23 heavy (non-hydrogen) atoms. The van der Waals surface area contributed by atoms with Crippen LogP contribution in [0.25, 0.3) is 17.2 Å². The van der Waals surface area contributed by atoms with E-state index in [2.05, 4.69) is 6.58 Å². The smallest absolute Gasteiger partial charge is 0.194 e. The summed E-state index contributed by atoms with van der Waals surface area (Å²) in [6.45, 7) is 3.64. The van der Waals surface area contributed by atoms with E-state index in [0.29, 0.717) is 5.56 Å². The van der Waals surface area contributed by atoms with E-state index in [0.717, 1.165) is 12.1 Å². The molecule has 118 valence electrons. The van der Waals surface area contributed by atoms with Crippen molar-refractivity contribution in [3.05, 3.63) is 59.6 Å². The summed E-state index contributed by atoms with van der Waals surface area (Å²) in [4.78, 5) is 0. The van der Waals surface area contributed by atoms with Crippen LogP contribution in [0.4, 0.5) is 13.2 Å². The van der Waals surface area contributed by atoms with Crippen LogP contribution in [0, 0.1) is 17.5 Å². The number of hydrogen-bond acceptors (Lipinski definition) is 3. The van der Waals surface area contributed by atoms with Gasteiger partial charge in [0, 0.05) is 6.07 Å². The van der Waals surface area contributed by atoms with E-state index in [-0.39, 0.29) is 34.1 Å². The fraction of sp³-hybridized carbons (Fsp3) is 0.0588. The maximum Gasteiger partial charge on any atom is 0.194 e. The van der Waals surface area contributed by atoms with E-state index in [1.165, 1.54) is 19.3 Å². The number of benzene rings is 2. The lowest BCUT2D eigenvalue weighted by molar-refractivity contribution is 0.395. The van der Waals surface area contributed by atoms with Crippen LogP contribution in [-0.4, -0.2) is 12.2 Å². The molecule has 2 aromatic rings. The van der Waals surface area contributed by atoms with Crippen LogP contribution in [0.15, 0.2) is 36.6 Å². The molecule has 0 unspecified atom stereocenters. The van der Waals surface area contributed by atoms with Crippen LogP contribution in [0.2, 0.25) is 0 Å². The van der Waals surface area contributed by atoms with Crippen molar-refractivity contribution >= 4 is 6.08 Å². The first-order chi connectivity index (χ1) is 10.9. The van der Waals surface area contributed by atoms with E-state index in [1.54, 1.807) is 6.08 Å². The second kappa shape index (κ2) is 5.39. The van der Waals surface area contributed by atoms with Gasteiger partial charge in [-0.3, -0.25) is 0 Å². The van der Waals surface area contributed by atoms with E-state index in [1.807, 2.05) is 0 Å². The first-order valence-electron chi connectivity index (χ1n) is 6.56. The second-order valence-electron chi connectivity index (χ2n) is 4.87. The Morgan fingerprint density at radius 3 is 2.35 bits per heavy atom. The quantitative estimate of drug-likeness (QED) is 0.833. The molecule has 6 heteroatoms. The van der Waals surface area contributed by atoms with Gasteiger partial charge in [0.25, 0.3) is 0 Å². The second-order valence-corrected chi connectivity index (χ2v) is 4.87. The maximum atomic E-state index is 13.6. The first-order valence-corrected chi connectivity index (χ1v) is 6.56. The zero-order valence-corrected chi connectivity index (χ0v) is 12.0. The highest BCUT2D eigenvalue weighted by Gasteiger charge is 2.24. The van der Waals surface area contributed by atoms with Gasteiger partial charge in [-0.2, -0.15) is 0 Å². The number of halogens is 3. The summed E-state index contributed by atoms with van der Waals surface area (Å²) in [5.41, 5.74) is 0.500. The van der Waals surface area contributed by atoms with Gasteiger partial charge >= 0.3 is 0 Å². The van der Waals surface area contributed by atoms with Crippen LogP contribution in [0.3, 0.4) is 0 Å². The predicted octanol–water partition coefficient (Wildman–Crippen LogP) is 4.40. The summed E-state index contributed by atoms with van der Waals surface area (Å²) in [7, 11) is 1.33. The molecule has 0 aliphatic carbocycles. The highest BCUT2D eigenvalue weighted by atomic mass is 19.2. The number of aromatic hydroxyl groups is 1. The molecule has 0 radical (unpaired) electrons. The normalized spacial score (nSPS) is 12.8. The molecule has 0 aromatic heterocycles. The Balaban J connectivity index is 2.35. The number of methoxy groups -OCH3 is 1. The fourth-order valence-corrected chi connectivity index (χ4v) is 2.38. The van der Waals surface area contributed by atoms with Crippen LogP contribution in [0.5, 0.6) is 17.2 Å². The minimum atomic E-state index is -1.56. The van der Waals surface area contributed by atoms with Gasteiger partial charge in [0.15, 0.2) is 17.5 Å². The molecule has 3 rings (SSSR count). The fourth-order valence-electron chi connectivity index (χ4n) is 2.38. The summed E-state index contributed by atoms with van der Waals surface area (Å²) >= 11 is 0. The molecule has 2 aromatic carbocycles. The zero-order chi connectivity index (χ0) is 16.7. The molecule has 0 amide bonds. The third kappa shape index (κ3) is 2.42. The van der Waals surface area contributed by atoms with Gasteiger partial charge in [0.05, 0.1) is 18.2 Å². The van der Waals surface area contributed by atoms with E-state index < -0.39 is 17.5 Å². The molecule has 0 atom stereocenters. The summed E-state index contributed by atoms with van der Waals surface area (Å²) in [6, 6.07) is 2.95. The Hall–Kier alpha value is -2.89. The lowest BCUT2D eigenvalue weighted by Crippen LogP contribution is -2.03. The standard InChI is InChI=1S/C17H11F3O3/c1-8-3-4-10-13(21)7-14(22-2)15(17(10)23-8)9-5-11(18)16(20)12(19)6-9/h3-7,21H,1H2,2H3. The molecule has 0 saturated heterocycles. The van der Waals surface area contributed by atoms with E-state index >= 15 is 0 Å². The Kier molecular flexibility index (Phi) is 3.52. The third-order valence-corrected chi connectivity index (χ3v) is 3.42. The Labute approximate surface area is 129 Å². The maximum absolute atomic E-state index is 13.6. The molecule has 3 nitrogen and oxygen atoms in total. The van der Waals surface area contributed by atoms with Gasteiger partial charge in [0.2, 0.25) is 0 Å². The largest absolute Gasteiger partial charge is 0.507 e. The number of phenols is 1.